The number of piperazine rings is 1. The first-order valence-electron chi connectivity index (χ1n) is 7.23. The molecule has 21 heavy (non-hydrogen) atoms. The summed E-state index contributed by atoms with van der Waals surface area (Å²) in [6.07, 6.45) is -0.950. The molecule has 2 rings (SSSR count). The van der Waals surface area contributed by atoms with Crippen molar-refractivity contribution < 1.29 is 14.4 Å². The van der Waals surface area contributed by atoms with Crippen LogP contribution in [0.4, 0.5) is 4.79 Å². The first-order chi connectivity index (χ1) is 9.66. The summed E-state index contributed by atoms with van der Waals surface area (Å²) >= 11 is 5.22. The maximum absolute atomic E-state index is 11.8. The molecule has 1 aliphatic heterocycles. The number of thiophene rings is 1. The number of halogens is 1. The molecule has 1 aromatic rings. The lowest BCUT2D eigenvalue weighted by Gasteiger charge is -2.55. The second-order valence-corrected chi connectivity index (χ2v) is 9.37. The Morgan fingerprint density at radius 3 is 2.62 bits per heavy atom. The molecular formula is C15H23BrN2O2S. The van der Waals surface area contributed by atoms with Crippen molar-refractivity contribution in [1.82, 2.24) is 4.90 Å². The van der Waals surface area contributed by atoms with Gasteiger partial charge in [-0.15, -0.1) is 11.3 Å². The zero-order valence-electron chi connectivity index (χ0n) is 13.1. The highest BCUT2D eigenvalue weighted by atomic mass is 79.9. The molecule has 1 fully saturated rings. The third kappa shape index (κ3) is 3.18. The highest BCUT2D eigenvalue weighted by Gasteiger charge is 2.49. The maximum atomic E-state index is 11.8. The molecule has 0 aromatic carbocycles. The van der Waals surface area contributed by atoms with Crippen LogP contribution in [0.5, 0.6) is 0 Å². The Hall–Kier alpha value is -0.430. The summed E-state index contributed by atoms with van der Waals surface area (Å²) in [7, 11) is 0. The van der Waals surface area contributed by atoms with Crippen molar-refractivity contribution in [2.75, 3.05) is 19.6 Å². The van der Waals surface area contributed by atoms with Gasteiger partial charge < -0.3 is 9.90 Å². The van der Waals surface area contributed by atoms with E-state index in [4.69, 9.17) is 0 Å². The number of nitrogens with zero attached hydrogens (tertiary/aromatic N) is 2. The normalized spacial score (nSPS) is 27.8. The summed E-state index contributed by atoms with van der Waals surface area (Å²) in [4.78, 5) is 15.5. The number of carbonyl (C=O) groups excluding carboxylic acids is 1. The molecule has 0 radical (unpaired) electrons. The first-order valence-corrected chi connectivity index (χ1v) is 8.84. The fourth-order valence-electron chi connectivity index (χ4n) is 3.47. The molecule has 1 unspecified atom stereocenters. The van der Waals surface area contributed by atoms with E-state index in [1.165, 1.54) is 4.88 Å². The van der Waals surface area contributed by atoms with Gasteiger partial charge in [-0.25, -0.2) is 0 Å². The summed E-state index contributed by atoms with van der Waals surface area (Å²) in [5.41, 5.74) is -0.351. The molecule has 0 bridgehead atoms. The summed E-state index contributed by atoms with van der Waals surface area (Å²) in [5.74, 6) is 0. The summed E-state index contributed by atoms with van der Waals surface area (Å²) in [6.45, 7) is 11.0. The van der Waals surface area contributed by atoms with E-state index >= 15 is 0 Å². The molecule has 2 atom stereocenters. The highest BCUT2D eigenvalue weighted by molar-refractivity contribution is 9.11. The van der Waals surface area contributed by atoms with E-state index < -0.39 is 6.09 Å². The van der Waals surface area contributed by atoms with Gasteiger partial charge in [-0.3, -0.25) is 9.38 Å². The van der Waals surface area contributed by atoms with Crippen LogP contribution in [0.1, 0.15) is 32.6 Å². The van der Waals surface area contributed by atoms with E-state index in [1.807, 2.05) is 27.7 Å². The number of quaternary nitrogens is 1. The summed E-state index contributed by atoms with van der Waals surface area (Å²) < 4.78 is 1.18. The lowest BCUT2D eigenvalue weighted by Crippen LogP contribution is -2.76. The number of carboxylic acid groups (broad SMARTS) is 1. The second kappa shape index (κ2) is 5.99. The lowest BCUT2D eigenvalue weighted by molar-refractivity contribution is -0.943. The molecular weight excluding hydrogens is 352 g/mol. The number of hydrogen-bond donors (Lipinski definition) is 0. The van der Waals surface area contributed by atoms with Crippen LogP contribution < -0.4 is 5.11 Å². The van der Waals surface area contributed by atoms with E-state index in [-0.39, 0.29) is 16.1 Å². The van der Waals surface area contributed by atoms with Gasteiger partial charge in [-0.1, -0.05) is 0 Å². The standard InChI is InChI=1S/C15H23BrN2O2S/c1-11-9-17(10-12-5-6-13(16)21-12)7-8-18(11,14(19)20)15(2,3)4/h5-6,11H,7-10H2,1-4H3/t11-,18?/m0/s1. The van der Waals surface area contributed by atoms with Gasteiger partial charge >= 0.3 is 0 Å². The molecule has 118 valence electrons. The van der Waals surface area contributed by atoms with Gasteiger partial charge in [-0.2, -0.15) is 0 Å². The SMILES string of the molecule is C[C@H]1CN(Cc2ccc(Br)s2)CC[N+]1(C(=O)[O-])C(C)(C)C. The zero-order valence-corrected chi connectivity index (χ0v) is 15.5. The van der Waals surface area contributed by atoms with E-state index in [0.717, 1.165) is 23.4 Å². The van der Waals surface area contributed by atoms with Gasteiger partial charge in [0.1, 0.15) is 6.04 Å². The number of hydrogen-bond acceptors (Lipinski definition) is 4. The largest absolute Gasteiger partial charge is 0.498 e. The topological polar surface area (TPSA) is 43.4 Å². The molecule has 1 aliphatic rings. The monoisotopic (exact) mass is 374 g/mol. The Kier molecular flexibility index (Phi) is 4.83. The van der Waals surface area contributed by atoms with Crippen LogP contribution in [0.2, 0.25) is 0 Å². The molecule has 1 aromatic heterocycles. The van der Waals surface area contributed by atoms with Crippen LogP contribution in [-0.2, 0) is 6.54 Å². The van der Waals surface area contributed by atoms with Gasteiger partial charge in [0.25, 0.3) is 6.09 Å². The predicted octanol–water partition coefficient (Wildman–Crippen LogP) is 2.67. The Labute approximate surface area is 139 Å². The van der Waals surface area contributed by atoms with Crippen LogP contribution in [0.15, 0.2) is 15.9 Å². The van der Waals surface area contributed by atoms with Crippen LogP contribution in [0, 0.1) is 0 Å². The molecule has 0 N–H and O–H groups in total. The average Bonchev–Trinajstić information content (AvgIpc) is 2.73. The maximum Gasteiger partial charge on any atom is 0.258 e. The minimum absolute atomic E-state index is 0.0205. The van der Waals surface area contributed by atoms with Gasteiger partial charge in [0.15, 0.2) is 0 Å². The van der Waals surface area contributed by atoms with Crippen molar-refractivity contribution in [3.05, 3.63) is 20.8 Å². The van der Waals surface area contributed by atoms with Crippen molar-refractivity contribution >= 4 is 33.4 Å². The minimum atomic E-state index is -0.950. The molecule has 0 saturated carbocycles. The van der Waals surface area contributed by atoms with E-state index in [1.54, 1.807) is 11.3 Å². The number of rotatable bonds is 2. The molecule has 6 heteroatoms. The summed E-state index contributed by atoms with van der Waals surface area (Å²) in [6, 6.07) is 4.20. The molecule has 0 spiro atoms. The fraction of sp³-hybridized carbons (Fsp3) is 0.667. The highest BCUT2D eigenvalue weighted by Crippen LogP contribution is 2.32. The molecule has 4 nitrogen and oxygen atoms in total. The van der Waals surface area contributed by atoms with Crippen LogP contribution in [-0.4, -0.2) is 46.7 Å². The van der Waals surface area contributed by atoms with Crippen molar-refractivity contribution in [3.8, 4) is 0 Å². The van der Waals surface area contributed by atoms with Crippen LogP contribution in [0.25, 0.3) is 0 Å². The van der Waals surface area contributed by atoms with Crippen molar-refractivity contribution in [1.29, 1.82) is 0 Å². The minimum Gasteiger partial charge on any atom is -0.498 e. The van der Waals surface area contributed by atoms with Crippen LogP contribution in [0.3, 0.4) is 0 Å². The van der Waals surface area contributed by atoms with E-state index in [9.17, 15) is 9.90 Å². The Morgan fingerprint density at radius 1 is 1.52 bits per heavy atom. The van der Waals surface area contributed by atoms with Crippen LogP contribution >= 0.6 is 27.3 Å². The smallest absolute Gasteiger partial charge is 0.258 e. The number of carbonyl (C=O) groups is 1. The van der Waals surface area contributed by atoms with E-state index in [0.29, 0.717) is 6.54 Å². The molecule has 0 aliphatic carbocycles. The summed E-state index contributed by atoms with van der Waals surface area (Å²) in [5, 5.41) is 11.8. The van der Waals surface area contributed by atoms with Gasteiger partial charge in [0.2, 0.25) is 0 Å². The lowest BCUT2D eigenvalue weighted by atomic mass is 9.95. The van der Waals surface area contributed by atoms with Gasteiger partial charge in [0, 0.05) is 18.0 Å². The first kappa shape index (κ1) is 16.9. The third-order valence-electron chi connectivity index (χ3n) is 4.57. The van der Waals surface area contributed by atoms with Crippen molar-refractivity contribution in [3.63, 3.8) is 0 Å². The molecule has 1 saturated heterocycles. The van der Waals surface area contributed by atoms with Crippen molar-refractivity contribution in [2.45, 2.75) is 45.8 Å². The molecule has 2 heterocycles. The van der Waals surface area contributed by atoms with Gasteiger partial charge in [-0.05, 0) is 55.8 Å². The quantitative estimate of drug-likeness (QED) is 0.747. The van der Waals surface area contributed by atoms with Gasteiger partial charge in [0.05, 0.1) is 22.4 Å². The Morgan fingerprint density at radius 2 is 2.19 bits per heavy atom. The van der Waals surface area contributed by atoms with E-state index in [2.05, 4.69) is 33.0 Å². The second-order valence-electron chi connectivity index (χ2n) is 6.82. The number of amides is 1. The predicted molar refractivity (Wildman–Crippen MR) is 87.0 cm³/mol. The third-order valence-corrected chi connectivity index (χ3v) is 6.18. The Bertz CT molecular complexity index is 526. The average molecular weight is 375 g/mol. The van der Waals surface area contributed by atoms with Crippen molar-refractivity contribution in [2.24, 2.45) is 0 Å². The fourth-order valence-corrected chi connectivity index (χ4v) is 4.99. The molecule has 1 amide bonds. The zero-order chi connectivity index (χ0) is 15.8. The Balaban J connectivity index is 2.12.